The summed E-state index contributed by atoms with van der Waals surface area (Å²) in [5, 5.41) is 22.2. The first-order valence-electron chi connectivity index (χ1n) is 7.70. The Morgan fingerprint density at radius 2 is 1.60 bits per heavy atom. The smallest absolute Gasteiger partial charge is 0.314 e. The van der Waals surface area contributed by atoms with E-state index in [4.69, 9.17) is 19.2 Å². The first kappa shape index (κ1) is 15.5. The van der Waals surface area contributed by atoms with Crippen LogP contribution in [0.2, 0.25) is 0 Å². The van der Waals surface area contributed by atoms with Gasteiger partial charge < -0.3 is 19.2 Å². The molecule has 0 radical (unpaired) electrons. The molecule has 4 aromatic rings. The summed E-state index contributed by atoms with van der Waals surface area (Å²) in [5.41, 5.74) is 4.54. The van der Waals surface area contributed by atoms with Crippen molar-refractivity contribution in [3.05, 3.63) is 53.1 Å². The molecule has 126 valence electrons. The fourth-order valence-corrected chi connectivity index (χ4v) is 2.58. The maximum absolute atomic E-state index is 9.14. The molecule has 25 heavy (non-hydrogen) atoms. The zero-order chi connectivity index (χ0) is 17.6. The van der Waals surface area contributed by atoms with Crippen LogP contribution >= 0.6 is 0 Å². The highest BCUT2D eigenvalue weighted by molar-refractivity contribution is 5.81. The molecule has 2 aromatic carbocycles. The van der Waals surface area contributed by atoms with Gasteiger partial charge in [-0.3, -0.25) is 0 Å². The normalized spacial score (nSPS) is 11.6. The second-order valence-corrected chi connectivity index (χ2v) is 5.81. The average molecular weight is 337 g/mol. The molecule has 4 rings (SSSR count). The predicted molar refractivity (Wildman–Crippen MR) is 89.4 cm³/mol. The number of nitrogens with zero attached hydrogens (tertiary/aromatic N) is 3. The van der Waals surface area contributed by atoms with E-state index in [0.717, 1.165) is 16.6 Å². The van der Waals surface area contributed by atoms with E-state index in [1.54, 1.807) is 24.3 Å². The number of fused-ring (bicyclic) bond motifs is 1. The van der Waals surface area contributed by atoms with Crippen LogP contribution in [-0.4, -0.2) is 25.3 Å². The van der Waals surface area contributed by atoms with E-state index >= 15 is 0 Å². The number of hydrogen-bond acceptors (Lipinski definition) is 7. The Balaban J connectivity index is 1.72. The molecule has 7 heteroatoms. The van der Waals surface area contributed by atoms with Crippen LogP contribution in [0.1, 0.15) is 23.0 Å². The van der Waals surface area contributed by atoms with E-state index in [0.29, 0.717) is 22.5 Å². The summed E-state index contributed by atoms with van der Waals surface area (Å²) in [4.78, 5) is 8.78. The molecule has 0 saturated carbocycles. The highest BCUT2D eigenvalue weighted by Gasteiger charge is 2.18. The van der Waals surface area contributed by atoms with Crippen LogP contribution in [0.4, 0.5) is 0 Å². The SMILES string of the molecule is Cc1ccc(C)c2oc(-c3nc(-c4ccc(C(O)O)cc4)no3)nc12. The first-order valence-corrected chi connectivity index (χ1v) is 7.70. The van der Waals surface area contributed by atoms with E-state index in [1.807, 2.05) is 26.0 Å². The third kappa shape index (κ3) is 2.69. The van der Waals surface area contributed by atoms with Crippen LogP contribution in [0.25, 0.3) is 34.3 Å². The summed E-state index contributed by atoms with van der Waals surface area (Å²) in [6.45, 7) is 3.91. The molecule has 0 unspecified atom stereocenters. The number of rotatable bonds is 3. The van der Waals surface area contributed by atoms with Gasteiger partial charge in [-0.1, -0.05) is 41.6 Å². The molecule has 0 fully saturated rings. The van der Waals surface area contributed by atoms with Crippen molar-refractivity contribution in [3.8, 4) is 23.2 Å². The Bertz CT molecular complexity index is 1010. The molecule has 0 aliphatic heterocycles. The van der Waals surface area contributed by atoms with Crippen molar-refractivity contribution >= 4 is 11.1 Å². The molecule has 0 spiro atoms. The van der Waals surface area contributed by atoms with Crippen molar-refractivity contribution in [1.29, 1.82) is 0 Å². The monoisotopic (exact) mass is 337 g/mol. The van der Waals surface area contributed by atoms with Gasteiger partial charge in [0, 0.05) is 11.1 Å². The maximum Gasteiger partial charge on any atom is 0.314 e. The molecule has 0 saturated heterocycles. The van der Waals surface area contributed by atoms with Crippen LogP contribution in [0.5, 0.6) is 0 Å². The van der Waals surface area contributed by atoms with Crippen LogP contribution in [0.15, 0.2) is 45.3 Å². The summed E-state index contributed by atoms with van der Waals surface area (Å²) in [5.74, 6) is 0.828. The standard InChI is InChI=1S/C18H15N3O4/c1-9-3-4-10(2)14-13(9)19-16(24-14)17-20-15(21-25-17)11-5-7-12(8-6-11)18(22)23/h3-8,18,22-23H,1-2H3. The second-order valence-electron chi connectivity index (χ2n) is 5.81. The van der Waals surface area contributed by atoms with Crippen LogP contribution in [0, 0.1) is 13.8 Å². The van der Waals surface area contributed by atoms with Gasteiger partial charge in [0.2, 0.25) is 5.82 Å². The Morgan fingerprint density at radius 1 is 0.880 bits per heavy atom. The number of hydrogen-bond donors (Lipinski definition) is 2. The zero-order valence-electron chi connectivity index (χ0n) is 13.6. The molecular formula is C18H15N3O4. The minimum absolute atomic E-state index is 0.191. The topological polar surface area (TPSA) is 105 Å². The Kier molecular flexibility index (Phi) is 3.60. The summed E-state index contributed by atoms with van der Waals surface area (Å²) < 4.78 is 11.1. The zero-order valence-corrected chi connectivity index (χ0v) is 13.6. The lowest BCUT2D eigenvalue weighted by molar-refractivity contribution is -0.0424. The number of oxazole rings is 1. The minimum atomic E-state index is -1.51. The number of aromatic nitrogens is 3. The molecule has 2 N–H and O–H groups in total. The fraction of sp³-hybridized carbons (Fsp3) is 0.167. The summed E-state index contributed by atoms with van der Waals surface area (Å²) in [6.07, 6.45) is -1.51. The van der Waals surface area contributed by atoms with Gasteiger partial charge in [-0.2, -0.15) is 4.98 Å². The van der Waals surface area contributed by atoms with Gasteiger partial charge in [-0.25, -0.2) is 4.98 Å². The maximum atomic E-state index is 9.14. The van der Waals surface area contributed by atoms with Gasteiger partial charge in [0.1, 0.15) is 5.52 Å². The van der Waals surface area contributed by atoms with Crippen molar-refractivity contribution in [2.24, 2.45) is 0 Å². The summed E-state index contributed by atoms with van der Waals surface area (Å²) in [7, 11) is 0. The van der Waals surface area contributed by atoms with E-state index in [-0.39, 0.29) is 11.8 Å². The average Bonchev–Trinajstić information content (AvgIpc) is 3.26. The molecule has 2 aromatic heterocycles. The second kappa shape index (κ2) is 5.80. The summed E-state index contributed by atoms with van der Waals surface area (Å²) >= 11 is 0. The lowest BCUT2D eigenvalue weighted by Crippen LogP contribution is -1.94. The Hall–Kier alpha value is -3.03. The lowest BCUT2D eigenvalue weighted by Gasteiger charge is -2.02. The van der Waals surface area contributed by atoms with Crippen molar-refractivity contribution in [3.63, 3.8) is 0 Å². The van der Waals surface area contributed by atoms with Crippen LogP contribution in [0.3, 0.4) is 0 Å². The predicted octanol–water partition coefficient (Wildman–Crippen LogP) is 3.14. The fourth-order valence-electron chi connectivity index (χ4n) is 2.58. The largest absolute Gasteiger partial charge is 0.432 e. The van der Waals surface area contributed by atoms with Crippen LogP contribution in [-0.2, 0) is 0 Å². The van der Waals surface area contributed by atoms with Crippen LogP contribution < -0.4 is 0 Å². The number of benzene rings is 2. The lowest BCUT2D eigenvalue weighted by atomic mass is 10.1. The van der Waals surface area contributed by atoms with Gasteiger partial charge in [0.15, 0.2) is 11.9 Å². The molecule has 0 bridgehead atoms. The third-order valence-corrected chi connectivity index (χ3v) is 4.02. The molecule has 0 amide bonds. The number of aliphatic hydroxyl groups excluding tert-OH is 1. The van der Waals surface area contributed by atoms with Gasteiger partial charge in [0.25, 0.3) is 5.89 Å². The van der Waals surface area contributed by atoms with Gasteiger partial charge >= 0.3 is 5.89 Å². The van der Waals surface area contributed by atoms with Crippen molar-refractivity contribution < 1.29 is 19.2 Å². The van der Waals surface area contributed by atoms with Gasteiger partial charge in [-0.15, -0.1) is 0 Å². The van der Waals surface area contributed by atoms with E-state index < -0.39 is 6.29 Å². The minimum Gasteiger partial charge on any atom is -0.432 e. The Morgan fingerprint density at radius 3 is 2.28 bits per heavy atom. The molecule has 0 aliphatic carbocycles. The first-order chi connectivity index (χ1) is 12.0. The quantitative estimate of drug-likeness (QED) is 0.553. The van der Waals surface area contributed by atoms with Crippen molar-refractivity contribution in [2.75, 3.05) is 0 Å². The van der Waals surface area contributed by atoms with E-state index in [2.05, 4.69) is 15.1 Å². The van der Waals surface area contributed by atoms with Crippen molar-refractivity contribution in [1.82, 2.24) is 15.1 Å². The van der Waals surface area contributed by atoms with E-state index in [1.165, 1.54) is 0 Å². The van der Waals surface area contributed by atoms with Gasteiger partial charge in [-0.05, 0) is 25.0 Å². The molecule has 0 aliphatic rings. The number of aliphatic hydroxyl groups is 2. The third-order valence-electron chi connectivity index (χ3n) is 4.02. The molecule has 2 heterocycles. The highest BCUT2D eigenvalue weighted by atomic mass is 16.5. The highest BCUT2D eigenvalue weighted by Crippen LogP contribution is 2.29. The molecule has 7 nitrogen and oxygen atoms in total. The van der Waals surface area contributed by atoms with Crippen molar-refractivity contribution in [2.45, 2.75) is 20.1 Å². The van der Waals surface area contributed by atoms with Gasteiger partial charge in [0.05, 0.1) is 0 Å². The molecular weight excluding hydrogens is 322 g/mol. The molecule has 0 atom stereocenters. The Labute approximate surface area is 142 Å². The summed E-state index contributed by atoms with van der Waals surface area (Å²) in [6, 6.07) is 10.5. The van der Waals surface area contributed by atoms with E-state index in [9.17, 15) is 0 Å². The number of aryl methyl sites for hydroxylation is 2.